The summed E-state index contributed by atoms with van der Waals surface area (Å²) in [5.74, 6) is 1.98. The van der Waals surface area contributed by atoms with Crippen molar-refractivity contribution in [2.24, 2.45) is 0 Å². The predicted octanol–water partition coefficient (Wildman–Crippen LogP) is 4.06. The Morgan fingerprint density at radius 2 is 1.89 bits per heavy atom. The SMILES string of the molecule is Cc1ccc(Oc2nc(C(C)C)nc(Cl)c2C)cn1. The van der Waals surface area contributed by atoms with E-state index in [0.29, 0.717) is 22.6 Å². The first-order chi connectivity index (χ1) is 8.97. The zero-order chi connectivity index (χ0) is 14.0. The quantitative estimate of drug-likeness (QED) is 0.794. The number of halogens is 1. The molecule has 2 aromatic heterocycles. The topological polar surface area (TPSA) is 47.9 Å². The number of ether oxygens (including phenoxy) is 1. The monoisotopic (exact) mass is 277 g/mol. The van der Waals surface area contributed by atoms with Gasteiger partial charge in [-0.3, -0.25) is 4.98 Å². The number of hydrogen-bond acceptors (Lipinski definition) is 4. The molecule has 0 N–H and O–H groups in total. The Balaban J connectivity index is 2.36. The second-order valence-corrected chi connectivity index (χ2v) is 5.05. The van der Waals surface area contributed by atoms with E-state index in [4.69, 9.17) is 16.3 Å². The molecule has 0 saturated carbocycles. The van der Waals surface area contributed by atoms with Crippen LogP contribution in [0.1, 0.15) is 36.8 Å². The van der Waals surface area contributed by atoms with Gasteiger partial charge in [0.15, 0.2) is 0 Å². The average molecular weight is 278 g/mol. The Bertz CT molecular complexity index is 582. The molecule has 19 heavy (non-hydrogen) atoms. The molecule has 2 aromatic rings. The molecule has 2 heterocycles. The number of rotatable bonds is 3. The van der Waals surface area contributed by atoms with Gasteiger partial charge in [-0.05, 0) is 26.0 Å². The maximum atomic E-state index is 6.11. The molecule has 0 saturated heterocycles. The van der Waals surface area contributed by atoms with Crippen molar-refractivity contribution in [1.29, 1.82) is 0 Å². The summed E-state index contributed by atoms with van der Waals surface area (Å²) in [7, 11) is 0. The molecular formula is C14H16ClN3O. The largest absolute Gasteiger partial charge is 0.437 e. The molecule has 4 nitrogen and oxygen atoms in total. The van der Waals surface area contributed by atoms with Crippen LogP contribution in [0.15, 0.2) is 18.3 Å². The molecule has 0 aromatic carbocycles. The summed E-state index contributed by atoms with van der Waals surface area (Å²) < 4.78 is 5.74. The van der Waals surface area contributed by atoms with E-state index in [1.165, 1.54) is 0 Å². The number of hydrogen-bond donors (Lipinski definition) is 0. The van der Waals surface area contributed by atoms with E-state index >= 15 is 0 Å². The summed E-state index contributed by atoms with van der Waals surface area (Å²) in [4.78, 5) is 12.8. The van der Waals surface area contributed by atoms with Crippen LogP contribution < -0.4 is 4.74 Å². The standard InChI is InChI=1S/C14H16ClN3O/c1-8(2)13-17-12(15)10(4)14(18-13)19-11-6-5-9(3)16-7-11/h5-8H,1-4H3. The van der Waals surface area contributed by atoms with Crippen molar-refractivity contribution in [3.8, 4) is 11.6 Å². The normalized spacial score (nSPS) is 10.8. The Morgan fingerprint density at radius 3 is 2.47 bits per heavy atom. The Labute approximate surface area is 117 Å². The van der Waals surface area contributed by atoms with Crippen LogP contribution in [0, 0.1) is 13.8 Å². The molecule has 0 aliphatic rings. The molecule has 0 atom stereocenters. The molecule has 0 unspecified atom stereocenters. The smallest absolute Gasteiger partial charge is 0.227 e. The summed E-state index contributed by atoms with van der Waals surface area (Å²) in [6, 6.07) is 3.74. The zero-order valence-electron chi connectivity index (χ0n) is 11.4. The molecule has 0 bridgehead atoms. The first kappa shape index (κ1) is 13.7. The molecule has 0 aliphatic heterocycles. The highest BCUT2D eigenvalue weighted by Gasteiger charge is 2.13. The lowest BCUT2D eigenvalue weighted by molar-refractivity contribution is 0.450. The molecule has 0 spiro atoms. The van der Waals surface area contributed by atoms with Gasteiger partial charge in [-0.25, -0.2) is 4.98 Å². The summed E-state index contributed by atoms with van der Waals surface area (Å²) in [5, 5.41) is 0.425. The van der Waals surface area contributed by atoms with Crippen LogP contribution in [-0.2, 0) is 0 Å². The molecule has 2 rings (SSSR count). The zero-order valence-corrected chi connectivity index (χ0v) is 12.2. The van der Waals surface area contributed by atoms with E-state index in [9.17, 15) is 0 Å². The number of nitrogens with zero attached hydrogens (tertiary/aromatic N) is 3. The van der Waals surface area contributed by atoms with Crippen LogP contribution in [0.5, 0.6) is 11.6 Å². The second-order valence-electron chi connectivity index (χ2n) is 4.69. The minimum absolute atomic E-state index is 0.191. The van der Waals surface area contributed by atoms with Crippen LogP contribution >= 0.6 is 11.6 Å². The minimum atomic E-state index is 0.191. The highest BCUT2D eigenvalue weighted by molar-refractivity contribution is 6.30. The van der Waals surface area contributed by atoms with Gasteiger partial charge < -0.3 is 4.74 Å². The lowest BCUT2D eigenvalue weighted by Crippen LogP contribution is -2.02. The lowest BCUT2D eigenvalue weighted by Gasteiger charge is -2.11. The summed E-state index contributed by atoms with van der Waals surface area (Å²) in [5.41, 5.74) is 1.67. The van der Waals surface area contributed by atoms with Gasteiger partial charge in [-0.2, -0.15) is 4.98 Å². The Morgan fingerprint density at radius 1 is 1.16 bits per heavy atom. The number of aryl methyl sites for hydroxylation is 1. The third-order valence-corrected chi connectivity index (χ3v) is 3.04. The summed E-state index contributed by atoms with van der Waals surface area (Å²) in [6.45, 7) is 7.78. The van der Waals surface area contributed by atoms with Gasteiger partial charge >= 0.3 is 0 Å². The maximum Gasteiger partial charge on any atom is 0.227 e. The highest BCUT2D eigenvalue weighted by Crippen LogP contribution is 2.28. The molecule has 0 aliphatic carbocycles. The molecule has 0 radical (unpaired) electrons. The molecular weight excluding hydrogens is 262 g/mol. The fraction of sp³-hybridized carbons (Fsp3) is 0.357. The highest BCUT2D eigenvalue weighted by atomic mass is 35.5. The van der Waals surface area contributed by atoms with E-state index in [2.05, 4.69) is 15.0 Å². The van der Waals surface area contributed by atoms with Crippen molar-refractivity contribution in [3.63, 3.8) is 0 Å². The van der Waals surface area contributed by atoms with Gasteiger partial charge in [0.05, 0.1) is 6.20 Å². The van der Waals surface area contributed by atoms with Crippen LogP contribution in [0.3, 0.4) is 0 Å². The third kappa shape index (κ3) is 3.20. The maximum absolute atomic E-state index is 6.11. The van der Waals surface area contributed by atoms with E-state index < -0.39 is 0 Å². The van der Waals surface area contributed by atoms with E-state index in [-0.39, 0.29) is 5.92 Å². The van der Waals surface area contributed by atoms with Crippen LogP contribution in [0.4, 0.5) is 0 Å². The third-order valence-electron chi connectivity index (χ3n) is 2.67. The van der Waals surface area contributed by atoms with E-state index in [1.807, 2.05) is 39.8 Å². The van der Waals surface area contributed by atoms with Gasteiger partial charge in [0.2, 0.25) is 5.88 Å². The summed E-state index contributed by atoms with van der Waals surface area (Å²) >= 11 is 6.11. The van der Waals surface area contributed by atoms with Gasteiger partial charge in [-0.1, -0.05) is 25.4 Å². The van der Waals surface area contributed by atoms with Crippen molar-refractivity contribution in [2.75, 3.05) is 0 Å². The summed E-state index contributed by atoms with van der Waals surface area (Å²) in [6.07, 6.45) is 1.67. The Hall–Kier alpha value is -1.68. The van der Waals surface area contributed by atoms with Gasteiger partial charge in [-0.15, -0.1) is 0 Å². The van der Waals surface area contributed by atoms with Crippen molar-refractivity contribution < 1.29 is 4.74 Å². The van der Waals surface area contributed by atoms with Crippen molar-refractivity contribution >= 4 is 11.6 Å². The lowest BCUT2D eigenvalue weighted by atomic mass is 10.2. The molecule has 100 valence electrons. The fourth-order valence-corrected chi connectivity index (χ4v) is 1.64. The van der Waals surface area contributed by atoms with Crippen molar-refractivity contribution in [2.45, 2.75) is 33.6 Å². The fourth-order valence-electron chi connectivity index (χ4n) is 1.47. The van der Waals surface area contributed by atoms with E-state index in [1.54, 1.807) is 6.20 Å². The van der Waals surface area contributed by atoms with Crippen molar-refractivity contribution in [1.82, 2.24) is 15.0 Å². The van der Waals surface area contributed by atoms with Crippen molar-refractivity contribution in [3.05, 3.63) is 40.6 Å². The number of pyridine rings is 1. The predicted molar refractivity (Wildman–Crippen MR) is 74.9 cm³/mol. The molecule has 0 fully saturated rings. The number of aromatic nitrogens is 3. The van der Waals surface area contributed by atoms with Crippen LogP contribution in [-0.4, -0.2) is 15.0 Å². The minimum Gasteiger partial charge on any atom is -0.437 e. The van der Waals surface area contributed by atoms with Gasteiger partial charge in [0.25, 0.3) is 0 Å². The first-order valence-corrected chi connectivity index (χ1v) is 6.49. The average Bonchev–Trinajstić information content (AvgIpc) is 2.37. The van der Waals surface area contributed by atoms with Gasteiger partial charge in [0, 0.05) is 17.2 Å². The van der Waals surface area contributed by atoms with E-state index in [0.717, 1.165) is 11.3 Å². The first-order valence-electron chi connectivity index (χ1n) is 6.12. The Kier molecular flexibility index (Phi) is 4.00. The second kappa shape index (κ2) is 5.53. The van der Waals surface area contributed by atoms with Crippen LogP contribution in [0.2, 0.25) is 5.15 Å². The van der Waals surface area contributed by atoms with Crippen LogP contribution in [0.25, 0.3) is 0 Å². The molecule has 0 amide bonds. The molecule has 5 heteroatoms. The van der Waals surface area contributed by atoms with Gasteiger partial charge in [0.1, 0.15) is 16.7 Å².